The van der Waals surface area contributed by atoms with Gasteiger partial charge in [-0.2, -0.15) is 0 Å². The topological polar surface area (TPSA) is 40.2 Å². The number of piperidine rings is 1. The summed E-state index contributed by atoms with van der Waals surface area (Å²) in [6.45, 7) is 4.42. The summed E-state index contributed by atoms with van der Waals surface area (Å²) < 4.78 is 0. The second kappa shape index (κ2) is 8.62. The van der Waals surface area contributed by atoms with E-state index in [4.69, 9.17) is 0 Å². The van der Waals surface area contributed by atoms with E-state index < -0.39 is 0 Å². The van der Waals surface area contributed by atoms with Crippen molar-refractivity contribution in [2.24, 2.45) is 11.8 Å². The molecule has 0 amide bonds. The fourth-order valence-electron chi connectivity index (χ4n) is 5.18. The third-order valence-corrected chi connectivity index (χ3v) is 6.73. The maximum Gasteiger partial charge on any atom is 0.0746 e. The minimum absolute atomic E-state index is 0.580. The van der Waals surface area contributed by atoms with Crippen molar-refractivity contribution in [1.82, 2.24) is 20.7 Å². The molecule has 3 heterocycles. The van der Waals surface area contributed by atoms with Crippen LogP contribution in [0.2, 0.25) is 0 Å². The Morgan fingerprint density at radius 2 is 1.76 bits per heavy atom. The molecule has 0 spiro atoms. The van der Waals surface area contributed by atoms with Crippen molar-refractivity contribution in [3.8, 4) is 0 Å². The average Bonchev–Trinajstić information content (AvgIpc) is 3.23. The summed E-state index contributed by atoms with van der Waals surface area (Å²) >= 11 is 0. The third kappa shape index (κ3) is 4.20. The molecular weight excluding hydrogens is 356 g/mol. The highest BCUT2D eigenvalue weighted by Gasteiger charge is 2.35. The van der Waals surface area contributed by atoms with Gasteiger partial charge in [0.05, 0.1) is 5.52 Å². The molecule has 0 saturated carbocycles. The number of aromatic nitrogens is 1. The molecule has 0 aliphatic carbocycles. The number of fused-ring (bicyclic) bond motifs is 1. The van der Waals surface area contributed by atoms with Gasteiger partial charge in [-0.3, -0.25) is 20.7 Å². The quantitative estimate of drug-likeness (QED) is 0.700. The van der Waals surface area contributed by atoms with E-state index >= 15 is 0 Å². The van der Waals surface area contributed by atoms with Crippen molar-refractivity contribution in [2.75, 3.05) is 19.6 Å². The molecule has 5 rings (SSSR count). The molecule has 2 saturated heterocycles. The van der Waals surface area contributed by atoms with Gasteiger partial charge in [-0.1, -0.05) is 54.6 Å². The van der Waals surface area contributed by atoms with E-state index in [1.165, 1.54) is 42.4 Å². The minimum Gasteiger partial charge on any atom is -0.299 e. The van der Waals surface area contributed by atoms with Gasteiger partial charge in [0.15, 0.2) is 0 Å². The molecule has 29 heavy (non-hydrogen) atoms. The molecule has 2 unspecified atom stereocenters. The predicted octanol–water partition coefficient (Wildman–Crippen LogP) is 3.78. The van der Waals surface area contributed by atoms with Crippen molar-refractivity contribution in [3.63, 3.8) is 0 Å². The highest BCUT2D eigenvalue weighted by Crippen LogP contribution is 2.29. The van der Waals surface area contributed by atoms with Gasteiger partial charge in [-0.05, 0) is 61.4 Å². The maximum atomic E-state index is 4.63. The highest BCUT2D eigenvalue weighted by atomic mass is 15.4. The van der Waals surface area contributed by atoms with Crippen LogP contribution in [0.25, 0.3) is 10.9 Å². The summed E-state index contributed by atoms with van der Waals surface area (Å²) in [6.07, 6.45) is 5.60. The molecule has 1 aromatic heterocycles. The van der Waals surface area contributed by atoms with Crippen LogP contribution in [-0.2, 0) is 13.0 Å². The number of nitrogens with zero attached hydrogens (tertiary/aromatic N) is 2. The van der Waals surface area contributed by atoms with Crippen molar-refractivity contribution < 1.29 is 0 Å². The summed E-state index contributed by atoms with van der Waals surface area (Å²) in [7, 11) is 0. The molecule has 4 nitrogen and oxygen atoms in total. The molecule has 4 heteroatoms. The Labute approximate surface area is 173 Å². The molecule has 2 aliphatic heterocycles. The van der Waals surface area contributed by atoms with Crippen LogP contribution in [0.5, 0.6) is 0 Å². The first-order valence-corrected chi connectivity index (χ1v) is 10.9. The van der Waals surface area contributed by atoms with Gasteiger partial charge in [-0.25, -0.2) is 0 Å². The molecule has 0 bridgehead atoms. The molecule has 2 atom stereocenters. The second-order valence-electron chi connectivity index (χ2n) is 8.61. The van der Waals surface area contributed by atoms with E-state index in [-0.39, 0.29) is 0 Å². The first-order valence-electron chi connectivity index (χ1n) is 10.9. The van der Waals surface area contributed by atoms with E-state index in [9.17, 15) is 0 Å². The molecule has 2 N–H and O–H groups in total. The fraction of sp³-hybridized carbons (Fsp3) is 0.400. The number of para-hydroxylation sites is 1. The zero-order chi connectivity index (χ0) is 19.5. The Morgan fingerprint density at radius 3 is 2.62 bits per heavy atom. The lowest BCUT2D eigenvalue weighted by Crippen LogP contribution is -2.44. The normalized spacial score (nSPS) is 23.6. The Morgan fingerprint density at radius 1 is 0.931 bits per heavy atom. The van der Waals surface area contributed by atoms with Gasteiger partial charge in [0.25, 0.3) is 0 Å². The Bertz CT molecular complexity index is 928. The predicted molar refractivity (Wildman–Crippen MR) is 118 cm³/mol. The van der Waals surface area contributed by atoms with Gasteiger partial charge in [0, 0.05) is 30.7 Å². The standard InChI is InChI=1S/C25H30N4/c1-2-6-19(7-3-1)16-23-17-27-28-25(23)21-11-14-29(15-12-21)18-22-9-4-8-20-10-5-13-26-24(20)22/h1-10,13,21,23,25,27-28H,11-12,14-18H2. The minimum atomic E-state index is 0.580. The Hall–Kier alpha value is -2.27. The van der Waals surface area contributed by atoms with Gasteiger partial charge in [-0.15, -0.1) is 0 Å². The van der Waals surface area contributed by atoms with E-state index in [0.717, 1.165) is 30.9 Å². The number of benzene rings is 2. The Balaban J connectivity index is 1.20. The lowest BCUT2D eigenvalue weighted by Gasteiger charge is -2.36. The lowest BCUT2D eigenvalue weighted by molar-refractivity contribution is 0.144. The zero-order valence-electron chi connectivity index (χ0n) is 16.9. The van der Waals surface area contributed by atoms with Crippen molar-refractivity contribution in [2.45, 2.75) is 31.8 Å². The van der Waals surface area contributed by atoms with Crippen LogP contribution < -0.4 is 10.9 Å². The molecule has 150 valence electrons. The van der Waals surface area contributed by atoms with Crippen LogP contribution in [0.3, 0.4) is 0 Å². The number of pyridine rings is 1. The number of nitrogens with one attached hydrogen (secondary N) is 2. The van der Waals surface area contributed by atoms with Gasteiger partial charge in [0.2, 0.25) is 0 Å². The number of hydrogen-bond acceptors (Lipinski definition) is 4. The average molecular weight is 387 g/mol. The number of likely N-dealkylation sites (tertiary alicyclic amines) is 1. The number of hydrogen-bond donors (Lipinski definition) is 2. The number of rotatable bonds is 5. The first-order chi connectivity index (χ1) is 14.4. The van der Waals surface area contributed by atoms with Gasteiger partial charge < -0.3 is 0 Å². The summed E-state index contributed by atoms with van der Waals surface area (Å²) in [4.78, 5) is 7.24. The van der Waals surface area contributed by atoms with Crippen molar-refractivity contribution in [1.29, 1.82) is 0 Å². The molecule has 0 radical (unpaired) electrons. The molecule has 3 aromatic rings. The van der Waals surface area contributed by atoms with E-state index in [1.54, 1.807) is 0 Å². The smallest absolute Gasteiger partial charge is 0.0746 e. The van der Waals surface area contributed by atoms with Crippen LogP contribution in [0.15, 0.2) is 66.9 Å². The summed E-state index contributed by atoms with van der Waals surface area (Å²) in [5.74, 6) is 1.43. The Kier molecular flexibility index (Phi) is 5.57. The zero-order valence-corrected chi connectivity index (χ0v) is 16.9. The summed E-state index contributed by atoms with van der Waals surface area (Å²) in [5, 5.41) is 1.24. The van der Waals surface area contributed by atoms with E-state index in [1.807, 2.05) is 12.3 Å². The van der Waals surface area contributed by atoms with E-state index in [0.29, 0.717) is 12.0 Å². The summed E-state index contributed by atoms with van der Waals surface area (Å²) in [6, 6.07) is 22.2. The second-order valence-corrected chi connectivity index (χ2v) is 8.61. The van der Waals surface area contributed by atoms with Crippen molar-refractivity contribution in [3.05, 3.63) is 78.0 Å². The van der Waals surface area contributed by atoms with Crippen LogP contribution >= 0.6 is 0 Å². The van der Waals surface area contributed by atoms with Crippen molar-refractivity contribution >= 4 is 10.9 Å². The monoisotopic (exact) mass is 386 g/mol. The SMILES string of the molecule is c1ccc(CC2CNNC2C2CCN(Cc3cccc4cccnc34)CC2)cc1. The molecular formula is C25H30N4. The molecule has 2 aliphatic rings. The lowest BCUT2D eigenvalue weighted by atomic mass is 9.81. The van der Waals surface area contributed by atoms with Gasteiger partial charge in [0.1, 0.15) is 0 Å². The van der Waals surface area contributed by atoms with Gasteiger partial charge >= 0.3 is 0 Å². The molecule has 2 aromatic carbocycles. The largest absolute Gasteiger partial charge is 0.299 e. The summed E-state index contributed by atoms with van der Waals surface area (Å²) in [5.41, 5.74) is 11.0. The highest BCUT2D eigenvalue weighted by molar-refractivity contribution is 5.81. The van der Waals surface area contributed by atoms with Crippen LogP contribution in [0.1, 0.15) is 24.0 Å². The number of hydrazine groups is 1. The van der Waals surface area contributed by atoms with Crippen LogP contribution in [0, 0.1) is 11.8 Å². The fourth-order valence-corrected chi connectivity index (χ4v) is 5.18. The van der Waals surface area contributed by atoms with Crippen LogP contribution in [0.4, 0.5) is 0 Å². The third-order valence-electron chi connectivity index (χ3n) is 6.73. The van der Waals surface area contributed by atoms with E-state index in [2.05, 4.69) is 75.3 Å². The first kappa shape index (κ1) is 18.7. The van der Waals surface area contributed by atoms with Crippen LogP contribution in [-0.4, -0.2) is 35.6 Å². The molecule has 2 fully saturated rings. The maximum absolute atomic E-state index is 4.63.